The summed E-state index contributed by atoms with van der Waals surface area (Å²) < 4.78 is 0. The van der Waals surface area contributed by atoms with Crippen molar-refractivity contribution in [3.8, 4) is 0 Å². The number of nitrogens with zero attached hydrogens (tertiary/aromatic N) is 1. The first kappa shape index (κ1) is 15.4. The van der Waals surface area contributed by atoms with E-state index in [0.29, 0.717) is 18.5 Å². The molecule has 1 aliphatic rings. The standard InChI is InChI=1S/C14H29N3O/c1-4-12(2)17(3)10-9-16-14(18)11-13-7-5-6-8-15-13/h12-13,15H,4-11H2,1-3H3,(H,16,18). The Kier molecular flexibility index (Phi) is 7.28. The molecule has 0 spiro atoms. The third-order valence-electron chi connectivity index (χ3n) is 3.97. The molecule has 1 amide bonds. The number of piperidine rings is 1. The van der Waals surface area contributed by atoms with Crippen molar-refractivity contribution < 1.29 is 4.79 Å². The van der Waals surface area contributed by atoms with Gasteiger partial charge in [-0.05, 0) is 39.8 Å². The Bertz CT molecular complexity index is 239. The zero-order valence-electron chi connectivity index (χ0n) is 12.2. The van der Waals surface area contributed by atoms with Crippen LogP contribution in [0.2, 0.25) is 0 Å². The van der Waals surface area contributed by atoms with Crippen molar-refractivity contribution >= 4 is 5.91 Å². The molecule has 0 aliphatic carbocycles. The number of carbonyl (C=O) groups is 1. The molecule has 0 radical (unpaired) electrons. The molecule has 0 aromatic heterocycles. The van der Waals surface area contributed by atoms with Gasteiger partial charge in [0, 0.05) is 31.6 Å². The van der Waals surface area contributed by atoms with Crippen molar-refractivity contribution in [3.05, 3.63) is 0 Å². The summed E-state index contributed by atoms with van der Waals surface area (Å²) in [5, 5.41) is 6.42. The molecule has 1 aliphatic heterocycles. The Morgan fingerprint density at radius 3 is 2.89 bits per heavy atom. The molecule has 106 valence electrons. The average molecular weight is 255 g/mol. The molecule has 1 rings (SSSR count). The van der Waals surface area contributed by atoms with Crippen molar-refractivity contribution in [1.82, 2.24) is 15.5 Å². The van der Waals surface area contributed by atoms with Gasteiger partial charge in [-0.2, -0.15) is 0 Å². The van der Waals surface area contributed by atoms with Crippen molar-refractivity contribution in [2.75, 3.05) is 26.7 Å². The van der Waals surface area contributed by atoms with Crippen molar-refractivity contribution in [2.24, 2.45) is 0 Å². The van der Waals surface area contributed by atoms with Crippen LogP contribution >= 0.6 is 0 Å². The van der Waals surface area contributed by atoms with Crippen LogP contribution in [0.4, 0.5) is 0 Å². The van der Waals surface area contributed by atoms with Crippen LogP contribution in [-0.4, -0.2) is 49.6 Å². The minimum atomic E-state index is 0.187. The van der Waals surface area contributed by atoms with Crippen LogP contribution in [0.25, 0.3) is 0 Å². The maximum absolute atomic E-state index is 11.8. The molecule has 18 heavy (non-hydrogen) atoms. The van der Waals surface area contributed by atoms with Gasteiger partial charge in [0.1, 0.15) is 0 Å². The summed E-state index contributed by atoms with van der Waals surface area (Å²) in [6, 6.07) is 0.980. The lowest BCUT2D eigenvalue weighted by Crippen LogP contribution is -2.41. The van der Waals surface area contributed by atoms with E-state index in [9.17, 15) is 4.79 Å². The molecule has 1 fully saturated rings. The van der Waals surface area contributed by atoms with Gasteiger partial charge in [0.25, 0.3) is 0 Å². The third kappa shape index (κ3) is 5.83. The quantitative estimate of drug-likeness (QED) is 0.722. The molecule has 2 atom stereocenters. The van der Waals surface area contributed by atoms with E-state index in [1.165, 1.54) is 12.8 Å². The highest BCUT2D eigenvalue weighted by Crippen LogP contribution is 2.09. The number of likely N-dealkylation sites (N-methyl/N-ethyl adjacent to an activating group) is 1. The minimum absolute atomic E-state index is 0.187. The van der Waals surface area contributed by atoms with E-state index < -0.39 is 0 Å². The number of rotatable bonds is 7. The Hall–Kier alpha value is -0.610. The summed E-state index contributed by atoms with van der Waals surface area (Å²) in [6.45, 7) is 7.15. The van der Waals surface area contributed by atoms with Crippen LogP contribution in [0, 0.1) is 0 Å². The zero-order chi connectivity index (χ0) is 13.4. The summed E-state index contributed by atoms with van der Waals surface area (Å²) in [7, 11) is 2.11. The number of hydrogen-bond acceptors (Lipinski definition) is 3. The van der Waals surface area contributed by atoms with Gasteiger partial charge in [0.15, 0.2) is 0 Å². The second-order valence-electron chi connectivity index (χ2n) is 5.44. The Morgan fingerprint density at radius 1 is 1.50 bits per heavy atom. The van der Waals surface area contributed by atoms with Crippen LogP contribution < -0.4 is 10.6 Å². The molecule has 1 saturated heterocycles. The van der Waals surface area contributed by atoms with E-state index in [4.69, 9.17) is 0 Å². The minimum Gasteiger partial charge on any atom is -0.355 e. The highest BCUT2D eigenvalue weighted by molar-refractivity contribution is 5.76. The van der Waals surface area contributed by atoms with Gasteiger partial charge in [0.2, 0.25) is 5.91 Å². The molecule has 1 heterocycles. The van der Waals surface area contributed by atoms with Crippen LogP contribution in [0.15, 0.2) is 0 Å². The van der Waals surface area contributed by atoms with Crippen molar-refractivity contribution in [3.63, 3.8) is 0 Å². The molecular formula is C14H29N3O. The molecule has 4 nitrogen and oxygen atoms in total. The average Bonchev–Trinajstić information content (AvgIpc) is 2.38. The summed E-state index contributed by atoms with van der Waals surface area (Å²) in [4.78, 5) is 14.1. The first-order valence-corrected chi connectivity index (χ1v) is 7.33. The van der Waals surface area contributed by atoms with E-state index in [0.717, 1.165) is 32.5 Å². The van der Waals surface area contributed by atoms with Crippen LogP contribution in [-0.2, 0) is 4.79 Å². The fourth-order valence-electron chi connectivity index (χ4n) is 2.30. The van der Waals surface area contributed by atoms with Gasteiger partial charge in [-0.15, -0.1) is 0 Å². The molecule has 0 saturated carbocycles. The topological polar surface area (TPSA) is 44.4 Å². The van der Waals surface area contributed by atoms with Gasteiger partial charge in [-0.3, -0.25) is 4.79 Å². The fourth-order valence-corrected chi connectivity index (χ4v) is 2.30. The number of carbonyl (C=O) groups excluding carboxylic acids is 1. The van der Waals surface area contributed by atoms with E-state index >= 15 is 0 Å². The summed E-state index contributed by atoms with van der Waals surface area (Å²) >= 11 is 0. The second-order valence-corrected chi connectivity index (χ2v) is 5.44. The second kappa shape index (κ2) is 8.48. The van der Waals surface area contributed by atoms with Gasteiger partial charge in [-0.25, -0.2) is 0 Å². The number of amides is 1. The van der Waals surface area contributed by atoms with Gasteiger partial charge in [0.05, 0.1) is 0 Å². The molecule has 4 heteroatoms. The maximum atomic E-state index is 11.8. The van der Waals surface area contributed by atoms with Crippen LogP contribution in [0.3, 0.4) is 0 Å². The van der Waals surface area contributed by atoms with Gasteiger partial charge >= 0.3 is 0 Å². The summed E-state index contributed by atoms with van der Waals surface area (Å²) in [5.41, 5.74) is 0. The highest BCUT2D eigenvalue weighted by Gasteiger charge is 2.16. The van der Waals surface area contributed by atoms with E-state index in [2.05, 4.69) is 36.4 Å². The molecular weight excluding hydrogens is 226 g/mol. The van der Waals surface area contributed by atoms with E-state index in [1.807, 2.05) is 0 Å². The van der Waals surface area contributed by atoms with Gasteiger partial charge in [-0.1, -0.05) is 13.3 Å². The first-order valence-electron chi connectivity index (χ1n) is 7.33. The van der Waals surface area contributed by atoms with Crippen LogP contribution in [0.5, 0.6) is 0 Å². The largest absolute Gasteiger partial charge is 0.355 e. The predicted octanol–water partition coefficient (Wildman–Crippen LogP) is 1.37. The predicted molar refractivity (Wildman–Crippen MR) is 75.7 cm³/mol. The zero-order valence-corrected chi connectivity index (χ0v) is 12.2. The highest BCUT2D eigenvalue weighted by atomic mass is 16.1. The van der Waals surface area contributed by atoms with Gasteiger partial charge < -0.3 is 15.5 Å². The monoisotopic (exact) mass is 255 g/mol. The van der Waals surface area contributed by atoms with Crippen molar-refractivity contribution in [1.29, 1.82) is 0 Å². The number of nitrogens with one attached hydrogen (secondary N) is 2. The molecule has 0 aromatic carbocycles. The molecule has 2 unspecified atom stereocenters. The summed E-state index contributed by atoms with van der Waals surface area (Å²) in [6.07, 6.45) is 5.42. The van der Waals surface area contributed by atoms with Crippen LogP contribution in [0.1, 0.15) is 46.0 Å². The van der Waals surface area contributed by atoms with Crippen molar-refractivity contribution in [2.45, 2.75) is 58.0 Å². The molecule has 0 bridgehead atoms. The Morgan fingerprint density at radius 2 is 2.28 bits per heavy atom. The smallest absolute Gasteiger partial charge is 0.221 e. The number of hydrogen-bond donors (Lipinski definition) is 2. The molecule has 0 aromatic rings. The first-order chi connectivity index (χ1) is 8.63. The van der Waals surface area contributed by atoms with E-state index in [-0.39, 0.29) is 5.91 Å². The Labute approximate surface area is 111 Å². The maximum Gasteiger partial charge on any atom is 0.221 e. The lowest BCUT2D eigenvalue weighted by molar-refractivity contribution is -0.121. The van der Waals surface area contributed by atoms with E-state index in [1.54, 1.807) is 0 Å². The lowest BCUT2D eigenvalue weighted by Gasteiger charge is -2.25. The fraction of sp³-hybridized carbons (Fsp3) is 0.929. The molecule has 2 N–H and O–H groups in total. The lowest BCUT2D eigenvalue weighted by atomic mass is 10.0. The summed E-state index contributed by atoms with van der Waals surface area (Å²) in [5.74, 6) is 0.187. The SMILES string of the molecule is CCC(C)N(C)CCNC(=O)CC1CCCCN1. The normalized spacial score (nSPS) is 21.9. The third-order valence-corrected chi connectivity index (χ3v) is 3.97. The Balaban J connectivity index is 2.09.